The number of rotatable bonds is 11. The van der Waals surface area contributed by atoms with E-state index in [1.165, 1.54) is 0 Å². The Bertz CT molecular complexity index is 1680. The van der Waals surface area contributed by atoms with Gasteiger partial charge in [0.2, 0.25) is 5.91 Å². The fraction of sp³-hybridized carbons (Fsp3) is 0.289. The van der Waals surface area contributed by atoms with Gasteiger partial charge in [0.1, 0.15) is 12.4 Å². The van der Waals surface area contributed by atoms with E-state index < -0.39 is 0 Å². The largest absolute Gasteiger partial charge is 0.490 e. The van der Waals surface area contributed by atoms with Gasteiger partial charge in [-0.25, -0.2) is 0 Å². The molecule has 0 aromatic heterocycles. The van der Waals surface area contributed by atoms with E-state index in [1.54, 1.807) is 36.2 Å². The number of hydrogen-bond acceptors (Lipinski definition) is 6. The van der Waals surface area contributed by atoms with Crippen molar-refractivity contribution in [2.75, 3.05) is 77.2 Å². The molecule has 0 bridgehead atoms. The second-order valence-corrected chi connectivity index (χ2v) is 12.0. The van der Waals surface area contributed by atoms with Crippen LogP contribution >= 0.6 is 0 Å². The summed E-state index contributed by atoms with van der Waals surface area (Å²) in [5.74, 6) is 0.276. The number of carbonyl (C=O) groups excluding carboxylic acids is 3. The number of ether oxygens (including phenoxy) is 1. The van der Waals surface area contributed by atoms with Crippen LogP contribution in [0.5, 0.6) is 5.75 Å². The molecule has 4 aromatic rings. The molecule has 4 aromatic carbocycles. The number of hydrogen-bond donors (Lipinski definition) is 1. The van der Waals surface area contributed by atoms with Gasteiger partial charge in [-0.05, 0) is 74.6 Å². The maximum atomic E-state index is 13.5. The van der Waals surface area contributed by atoms with Gasteiger partial charge in [0.25, 0.3) is 11.8 Å². The van der Waals surface area contributed by atoms with Crippen LogP contribution in [0.15, 0.2) is 97.1 Å². The Morgan fingerprint density at radius 2 is 1.47 bits per heavy atom. The van der Waals surface area contributed by atoms with Gasteiger partial charge in [-0.2, -0.15) is 0 Å². The van der Waals surface area contributed by atoms with Crippen LogP contribution in [0.2, 0.25) is 0 Å². The van der Waals surface area contributed by atoms with E-state index >= 15 is 0 Å². The maximum Gasteiger partial charge on any atom is 0.258 e. The highest BCUT2D eigenvalue weighted by Gasteiger charge is 2.21. The third-order valence-electron chi connectivity index (χ3n) is 8.45. The predicted molar refractivity (Wildman–Crippen MR) is 187 cm³/mol. The molecule has 1 heterocycles. The van der Waals surface area contributed by atoms with Crippen LogP contribution in [0, 0.1) is 6.92 Å². The van der Waals surface area contributed by atoms with Gasteiger partial charge < -0.3 is 24.8 Å². The molecule has 5 rings (SSSR count). The first-order valence-corrected chi connectivity index (χ1v) is 15.9. The Balaban J connectivity index is 1.17. The molecule has 47 heavy (non-hydrogen) atoms. The molecule has 244 valence electrons. The lowest BCUT2D eigenvalue weighted by Crippen LogP contribution is -2.49. The number of aryl methyl sites for hydroxylation is 1. The van der Waals surface area contributed by atoms with Crippen LogP contribution in [0.25, 0.3) is 11.1 Å². The fourth-order valence-electron chi connectivity index (χ4n) is 5.50. The first-order valence-electron chi connectivity index (χ1n) is 15.9. The topological polar surface area (TPSA) is 85.4 Å². The Hall–Kier alpha value is -4.99. The highest BCUT2D eigenvalue weighted by Crippen LogP contribution is 2.29. The quantitative estimate of drug-likeness (QED) is 0.242. The zero-order valence-electron chi connectivity index (χ0n) is 27.6. The monoisotopic (exact) mass is 633 g/mol. The molecule has 9 heteroatoms. The summed E-state index contributed by atoms with van der Waals surface area (Å²) >= 11 is 0. The van der Waals surface area contributed by atoms with Crippen LogP contribution in [0.1, 0.15) is 26.3 Å². The van der Waals surface area contributed by atoms with Crippen LogP contribution in [0.4, 0.5) is 11.4 Å². The summed E-state index contributed by atoms with van der Waals surface area (Å²) in [7, 11) is 5.69. The summed E-state index contributed by atoms with van der Waals surface area (Å²) in [5.41, 5.74) is 5.25. The lowest BCUT2D eigenvalue weighted by Gasteiger charge is -2.33. The van der Waals surface area contributed by atoms with Crippen molar-refractivity contribution >= 4 is 29.1 Å². The van der Waals surface area contributed by atoms with E-state index in [9.17, 15) is 14.4 Å². The Labute approximate surface area is 277 Å². The lowest BCUT2D eigenvalue weighted by molar-refractivity contribution is -0.133. The summed E-state index contributed by atoms with van der Waals surface area (Å²) < 4.78 is 6.09. The fourth-order valence-corrected chi connectivity index (χ4v) is 5.50. The molecule has 1 N–H and O–H groups in total. The highest BCUT2D eigenvalue weighted by atomic mass is 16.5. The molecule has 0 atom stereocenters. The normalized spacial score (nSPS) is 13.3. The summed E-state index contributed by atoms with van der Waals surface area (Å²) in [6.07, 6.45) is 0. The van der Waals surface area contributed by atoms with Crippen LogP contribution in [0.3, 0.4) is 0 Å². The summed E-state index contributed by atoms with van der Waals surface area (Å²) in [4.78, 5) is 47.1. The van der Waals surface area contributed by atoms with Gasteiger partial charge in [0.05, 0.1) is 12.2 Å². The van der Waals surface area contributed by atoms with Crippen molar-refractivity contribution < 1.29 is 19.1 Å². The van der Waals surface area contributed by atoms with E-state index in [1.807, 2.05) is 96.6 Å². The molecule has 1 aliphatic heterocycles. The molecule has 3 amide bonds. The van der Waals surface area contributed by atoms with Gasteiger partial charge in [-0.3, -0.25) is 19.3 Å². The van der Waals surface area contributed by atoms with E-state index in [0.717, 1.165) is 42.9 Å². The van der Waals surface area contributed by atoms with Gasteiger partial charge in [0, 0.05) is 56.6 Å². The number of nitrogens with one attached hydrogen (secondary N) is 1. The number of piperazine rings is 1. The average molecular weight is 634 g/mol. The van der Waals surface area contributed by atoms with Crippen molar-refractivity contribution in [2.24, 2.45) is 0 Å². The molecule has 0 saturated carbocycles. The molecule has 1 saturated heterocycles. The minimum Gasteiger partial charge on any atom is -0.490 e. The number of carbonyl (C=O) groups is 3. The van der Waals surface area contributed by atoms with E-state index in [-0.39, 0.29) is 17.7 Å². The average Bonchev–Trinajstić information content (AvgIpc) is 3.09. The Morgan fingerprint density at radius 1 is 0.809 bits per heavy atom. The zero-order valence-corrected chi connectivity index (χ0v) is 27.6. The molecule has 0 spiro atoms. The highest BCUT2D eigenvalue weighted by molar-refractivity contribution is 6.09. The summed E-state index contributed by atoms with van der Waals surface area (Å²) in [5, 5.41) is 2.97. The molecule has 0 radical (unpaired) electrons. The molecule has 1 fully saturated rings. The van der Waals surface area contributed by atoms with Gasteiger partial charge in [-0.1, -0.05) is 60.2 Å². The van der Waals surface area contributed by atoms with Gasteiger partial charge >= 0.3 is 0 Å². The third-order valence-corrected chi connectivity index (χ3v) is 8.45. The van der Waals surface area contributed by atoms with Crippen molar-refractivity contribution in [1.82, 2.24) is 14.7 Å². The number of amides is 3. The minimum absolute atomic E-state index is 0.129. The lowest BCUT2D eigenvalue weighted by atomic mass is 9.98. The summed E-state index contributed by atoms with van der Waals surface area (Å²) in [6, 6.07) is 29.9. The SMILES string of the molecule is Cc1ccc(-c2ccccc2C(=O)Nc2ccc(C(=O)N(C)c3ccccc3OCCN(C)CC(=O)N3CCN(C)CC3)cc2)cc1. The first-order chi connectivity index (χ1) is 22.7. The van der Waals surface area contributed by atoms with Crippen molar-refractivity contribution in [2.45, 2.75) is 6.92 Å². The van der Waals surface area contributed by atoms with Crippen LogP contribution in [-0.4, -0.2) is 99.4 Å². The van der Waals surface area contributed by atoms with Crippen molar-refractivity contribution in [3.05, 3.63) is 114 Å². The summed E-state index contributed by atoms with van der Waals surface area (Å²) in [6.45, 7) is 6.60. The molecular weight excluding hydrogens is 590 g/mol. The number of benzene rings is 4. The standard InChI is InChI=1S/C38H43N5O4/c1-28-13-15-29(16-14-28)32-9-5-6-10-33(32)37(45)39-31-19-17-30(18-20-31)38(46)42(4)34-11-7-8-12-35(34)47-26-25-41(3)27-36(44)43-23-21-40(2)22-24-43/h5-20H,21-27H2,1-4H3,(H,39,45). The van der Waals surface area contributed by atoms with Crippen LogP contribution in [-0.2, 0) is 4.79 Å². The number of para-hydroxylation sites is 2. The van der Waals surface area contributed by atoms with Crippen molar-refractivity contribution in [3.8, 4) is 16.9 Å². The minimum atomic E-state index is -0.224. The number of nitrogens with zero attached hydrogens (tertiary/aromatic N) is 4. The van der Waals surface area contributed by atoms with Gasteiger partial charge in [0.15, 0.2) is 0 Å². The first kappa shape index (κ1) is 33.4. The van der Waals surface area contributed by atoms with Crippen molar-refractivity contribution in [3.63, 3.8) is 0 Å². The Morgan fingerprint density at radius 3 is 2.19 bits per heavy atom. The Kier molecular flexibility index (Phi) is 11.0. The second-order valence-electron chi connectivity index (χ2n) is 12.0. The van der Waals surface area contributed by atoms with Crippen LogP contribution < -0.4 is 15.0 Å². The second kappa shape index (κ2) is 15.5. The zero-order chi connectivity index (χ0) is 33.3. The van der Waals surface area contributed by atoms with Crippen molar-refractivity contribution in [1.29, 1.82) is 0 Å². The van der Waals surface area contributed by atoms with Gasteiger partial charge in [-0.15, -0.1) is 0 Å². The van der Waals surface area contributed by atoms with E-state index in [0.29, 0.717) is 47.9 Å². The number of likely N-dealkylation sites (N-methyl/N-ethyl adjacent to an activating group) is 2. The smallest absolute Gasteiger partial charge is 0.258 e. The number of anilines is 2. The molecule has 9 nitrogen and oxygen atoms in total. The predicted octanol–water partition coefficient (Wildman–Crippen LogP) is 5.28. The molecule has 1 aliphatic rings. The third kappa shape index (κ3) is 8.64. The van der Waals surface area contributed by atoms with E-state index in [2.05, 4.69) is 17.3 Å². The molecule has 0 unspecified atom stereocenters. The van der Waals surface area contributed by atoms with E-state index in [4.69, 9.17) is 4.74 Å². The maximum absolute atomic E-state index is 13.5. The molecule has 0 aliphatic carbocycles. The molecular formula is C38H43N5O4.